The molecule has 6 heteroatoms. The Bertz CT molecular complexity index is 476. The van der Waals surface area contributed by atoms with Crippen LogP contribution in [-0.2, 0) is 4.79 Å². The molecule has 1 amide bonds. The standard InChI is InChI=1S/C14H21N3O3/c1-10(14(19)20)17-9-11(8-15-17)13(18)16-12-6-4-2-3-5-7-12/h8-10,12H,2-7H2,1H3,(H,16,18)(H,19,20). The third kappa shape index (κ3) is 3.59. The number of carboxylic acid groups (broad SMARTS) is 1. The third-order valence-corrected chi connectivity index (χ3v) is 3.81. The van der Waals surface area contributed by atoms with E-state index in [0.717, 1.165) is 25.7 Å². The van der Waals surface area contributed by atoms with Gasteiger partial charge in [0, 0.05) is 12.2 Å². The number of aromatic nitrogens is 2. The molecule has 6 nitrogen and oxygen atoms in total. The van der Waals surface area contributed by atoms with Gasteiger partial charge >= 0.3 is 5.97 Å². The molecule has 0 aromatic carbocycles. The zero-order chi connectivity index (χ0) is 14.5. The number of carbonyl (C=O) groups is 2. The van der Waals surface area contributed by atoms with Gasteiger partial charge in [0.2, 0.25) is 0 Å². The first-order valence-electron chi connectivity index (χ1n) is 7.15. The Morgan fingerprint density at radius 1 is 1.35 bits per heavy atom. The minimum absolute atomic E-state index is 0.166. The van der Waals surface area contributed by atoms with Gasteiger partial charge in [0.15, 0.2) is 0 Å². The van der Waals surface area contributed by atoms with Crippen molar-refractivity contribution in [2.24, 2.45) is 0 Å². The molecule has 0 bridgehead atoms. The summed E-state index contributed by atoms with van der Waals surface area (Å²) < 4.78 is 1.30. The molecule has 1 unspecified atom stereocenters. The summed E-state index contributed by atoms with van der Waals surface area (Å²) in [5, 5.41) is 15.9. The quantitative estimate of drug-likeness (QED) is 0.825. The highest BCUT2D eigenvalue weighted by molar-refractivity contribution is 5.94. The molecule has 0 spiro atoms. The average Bonchev–Trinajstić information content (AvgIpc) is 2.77. The molecular formula is C14H21N3O3. The van der Waals surface area contributed by atoms with Crippen molar-refractivity contribution in [2.45, 2.75) is 57.5 Å². The Labute approximate surface area is 118 Å². The third-order valence-electron chi connectivity index (χ3n) is 3.81. The summed E-state index contributed by atoms with van der Waals surface area (Å²) >= 11 is 0. The van der Waals surface area contributed by atoms with Gasteiger partial charge in [-0.05, 0) is 19.8 Å². The molecule has 1 aliphatic carbocycles. The van der Waals surface area contributed by atoms with Gasteiger partial charge in [0.1, 0.15) is 6.04 Å². The maximum Gasteiger partial charge on any atom is 0.328 e. The Morgan fingerprint density at radius 3 is 2.60 bits per heavy atom. The van der Waals surface area contributed by atoms with E-state index in [0.29, 0.717) is 5.56 Å². The summed E-state index contributed by atoms with van der Waals surface area (Å²) in [6.45, 7) is 1.53. The maximum absolute atomic E-state index is 12.1. The Kier molecular flexibility index (Phi) is 4.76. The second-order valence-electron chi connectivity index (χ2n) is 5.39. The molecule has 1 aliphatic rings. The molecule has 1 fully saturated rings. The molecule has 0 saturated heterocycles. The molecule has 110 valence electrons. The number of carboxylic acids is 1. The van der Waals surface area contributed by atoms with Gasteiger partial charge in [-0.2, -0.15) is 5.10 Å². The molecule has 0 aliphatic heterocycles. The van der Waals surface area contributed by atoms with E-state index in [4.69, 9.17) is 5.11 Å². The molecule has 2 rings (SSSR count). The van der Waals surface area contributed by atoms with Crippen molar-refractivity contribution in [3.63, 3.8) is 0 Å². The van der Waals surface area contributed by atoms with Crippen LogP contribution >= 0.6 is 0 Å². The molecule has 1 aromatic heterocycles. The predicted octanol–water partition coefficient (Wildman–Crippen LogP) is 1.98. The predicted molar refractivity (Wildman–Crippen MR) is 73.5 cm³/mol. The van der Waals surface area contributed by atoms with E-state index in [1.165, 1.54) is 36.8 Å². The smallest absolute Gasteiger partial charge is 0.328 e. The van der Waals surface area contributed by atoms with Crippen LogP contribution in [0.15, 0.2) is 12.4 Å². The Hall–Kier alpha value is -1.85. The van der Waals surface area contributed by atoms with Crippen molar-refractivity contribution in [3.8, 4) is 0 Å². The lowest BCUT2D eigenvalue weighted by Crippen LogP contribution is -2.34. The second-order valence-corrected chi connectivity index (χ2v) is 5.39. The van der Waals surface area contributed by atoms with Crippen LogP contribution in [0.1, 0.15) is 61.8 Å². The lowest BCUT2D eigenvalue weighted by atomic mass is 10.1. The van der Waals surface area contributed by atoms with Crippen LogP contribution in [0.3, 0.4) is 0 Å². The summed E-state index contributed by atoms with van der Waals surface area (Å²) in [4.78, 5) is 23.0. The summed E-state index contributed by atoms with van der Waals surface area (Å²) in [5.41, 5.74) is 0.419. The number of amides is 1. The van der Waals surface area contributed by atoms with Crippen LogP contribution in [0.5, 0.6) is 0 Å². The van der Waals surface area contributed by atoms with Crippen LogP contribution < -0.4 is 5.32 Å². The van der Waals surface area contributed by atoms with Crippen molar-refractivity contribution < 1.29 is 14.7 Å². The van der Waals surface area contributed by atoms with Gasteiger partial charge in [-0.15, -0.1) is 0 Å². The highest BCUT2D eigenvalue weighted by atomic mass is 16.4. The van der Waals surface area contributed by atoms with Gasteiger partial charge in [-0.3, -0.25) is 9.48 Å². The monoisotopic (exact) mass is 279 g/mol. The van der Waals surface area contributed by atoms with E-state index in [9.17, 15) is 9.59 Å². The van der Waals surface area contributed by atoms with E-state index < -0.39 is 12.0 Å². The number of aliphatic carboxylic acids is 1. The lowest BCUT2D eigenvalue weighted by molar-refractivity contribution is -0.140. The fourth-order valence-corrected chi connectivity index (χ4v) is 2.47. The summed E-state index contributed by atoms with van der Waals surface area (Å²) in [7, 11) is 0. The molecule has 1 aromatic rings. The van der Waals surface area contributed by atoms with Gasteiger partial charge in [-0.25, -0.2) is 4.79 Å². The van der Waals surface area contributed by atoms with E-state index in [1.54, 1.807) is 0 Å². The fraction of sp³-hybridized carbons (Fsp3) is 0.643. The first-order valence-corrected chi connectivity index (χ1v) is 7.15. The van der Waals surface area contributed by atoms with Crippen LogP contribution in [0.25, 0.3) is 0 Å². The normalized spacial score (nSPS) is 18.2. The van der Waals surface area contributed by atoms with E-state index >= 15 is 0 Å². The van der Waals surface area contributed by atoms with Crippen LogP contribution in [0.2, 0.25) is 0 Å². The molecule has 1 atom stereocenters. The molecule has 1 saturated carbocycles. The number of hydrogen-bond acceptors (Lipinski definition) is 3. The topological polar surface area (TPSA) is 84.2 Å². The minimum atomic E-state index is -0.969. The Morgan fingerprint density at radius 2 is 2.00 bits per heavy atom. The molecular weight excluding hydrogens is 258 g/mol. The number of nitrogens with zero attached hydrogens (tertiary/aromatic N) is 2. The average molecular weight is 279 g/mol. The summed E-state index contributed by atoms with van der Waals surface area (Å²) in [5.74, 6) is -1.13. The zero-order valence-corrected chi connectivity index (χ0v) is 11.7. The van der Waals surface area contributed by atoms with Gasteiger partial charge < -0.3 is 10.4 Å². The van der Waals surface area contributed by atoms with E-state index in [1.807, 2.05) is 0 Å². The second kappa shape index (κ2) is 6.54. The Balaban J connectivity index is 1.97. The number of hydrogen-bond donors (Lipinski definition) is 2. The van der Waals surface area contributed by atoms with Crippen molar-refractivity contribution in [2.75, 3.05) is 0 Å². The van der Waals surface area contributed by atoms with Crippen LogP contribution in [0.4, 0.5) is 0 Å². The number of nitrogens with one attached hydrogen (secondary N) is 1. The molecule has 20 heavy (non-hydrogen) atoms. The number of rotatable bonds is 4. The van der Waals surface area contributed by atoms with Gasteiger partial charge in [0.25, 0.3) is 5.91 Å². The summed E-state index contributed by atoms with van der Waals surface area (Å²) in [6, 6.07) is -0.542. The van der Waals surface area contributed by atoms with Crippen molar-refractivity contribution in [1.82, 2.24) is 15.1 Å². The fourth-order valence-electron chi connectivity index (χ4n) is 2.47. The van der Waals surface area contributed by atoms with Crippen molar-refractivity contribution in [1.29, 1.82) is 0 Å². The summed E-state index contributed by atoms with van der Waals surface area (Å²) in [6.07, 6.45) is 9.73. The first kappa shape index (κ1) is 14.6. The van der Waals surface area contributed by atoms with E-state index in [-0.39, 0.29) is 11.9 Å². The van der Waals surface area contributed by atoms with Crippen molar-refractivity contribution >= 4 is 11.9 Å². The van der Waals surface area contributed by atoms with Gasteiger partial charge in [0.05, 0.1) is 11.8 Å². The SMILES string of the molecule is CC(C(=O)O)n1cc(C(=O)NC2CCCCCC2)cn1. The van der Waals surface area contributed by atoms with Crippen LogP contribution in [-0.4, -0.2) is 32.8 Å². The zero-order valence-electron chi connectivity index (χ0n) is 11.7. The van der Waals surface area contributed by atoms with Gasteiger partial charge in [-0.1, -0.05) is 25.7 Å². The molecule has 2 N–H and O–H groups in total. The highest BCUT2D eigenvalue weighted by Gasteiger charge is 2.19. The molecule has 0 radical (unpaired) electrons. The lowest BCUT2D eigenvalue weighted by Gasteiger charge is -2.15. The van der Waals surface area contributed by atoms with Crippen molar-refractivity contribution in [3.05, 3.63) is 18.0 Å². The van der Waals surface area contributed by atoms with Crippen LogP contribution in [0, 0.1) is 0 Å². The number of carbonyl (C=O) groups excluding carboxylic acids is 1. The highest BCUT2D eigenvalue weighted by Crippen LogP contribution is 2.17. The largest absolute Gasteiger partial charge is 0.480 e. The minimum Gasteiger partial charge on any atom is -0.480 e. The molecule has 1 heterocycles. The first-order chi connectivity index (χ1) is 9.58. The van der Waals surface area contributed by atoms with E-state index in [2.05, 4.69) is 10.4 Å². The maximum atomic E-state index is 12.1.